The fourth-order valence-corrected chi connectivity index (χ4v) is 10.2. The summed E-state index contributed by atoms with van der Waals surface area (Å²) in [6.45, 7) is 23.7. The monoisotopic (exact) mass is 477 g/mol. The highest BCUT2D eigenvalue weighted by Gasteiger charge is 2.69. The highest BCUT2D eigenvalue weighted by Crippen LogP contribution is 2.75. The van der Waals surface area contributed by atoms with Crippen LogP contribution in [0.5, 0.6) is 0 Å². The summed E-state index contributed by atoms with van der Waals surface area (Å²) >= 11 is 0. The molecule has 0 aliphatic heterocycles. The summed E-state index contributed by atoms with van der Waals surface area (Å²) in [5.41, 5.74) is 0.470. The van der Waals surface area contributed by atoms with E-state index in [9.17, 15) is 14.7 Å². The lowest BCUT2D eigenvalue weighted by molar-refractivity contribution is -0.174. The zero-order valence-electron chi connectivity index (χ0n) is 22.8. The summed E-state index contributed by atoms with van der Waals surface area (Å²) in [6, 6.07) is 0. The minimum atomic E-state index is -0.623. The summed E-state index contributed by atoms with van der Waals surface area (Å²) in [5, 5.41) is 10.5. The Balaban J connectivity index is 1.66. The molecule has 4 unspecified atom stereocenters. The van der Waals surface area contributed by atoms with Crippen molar-refractivity contribution in [3.63, 3.8) is 0 Å². The van der Waals surface area contributed by atoms with Gasteiger partial charge in [0.05, 0.1) is 12.0 Å². The second-order valence-corrected chi connectivity index (χ2v) is 14.7. The van der Waals surface area contributed by atoms with Crippen molar-refractivity contribution >= 4 is 11.8 Å². The number of hydrogen-bond donors (Lipinski definition) is 1. The van der Waals surface area contributed by atoms with E-state index < -0.39 is 16.8 Å². The average Bonchev–Trinajstić information content (AvgIpc) is 2.76. The van der Waals surface area contributed by atoms with Crippen LogP contribution in [0.4, 0.5) is 0 Å². The molecule has 35 heavy (non-hydrogen) atoms. The molecule has 0 aromatic heterocycles. The van der Waals surface area contributed by atoms with Crippen LogP contribution >= 0.6 is 0 Å². The maximum Gasteiger partial charge on any atom is 0.310 e. The summed E-state index contributed by atoms with van der Waals surface area (Å²) in [7, 11) is 0. The Morgan fingerprint density at radius 2 is 1.66 bits per heavy atom. The molecule has 0 radical (unpaired) electrons. The molecule has 190 valence electrons. The van der Waals surface area contributed by atoms with Gasteiger partial charge in [-0.05, 0) is 90.8 Å². The van der Waals surface area contributed by atoms with Crippen LogP contribution < -0.4 is 0 Å². The summed E-state index contributed by atoms with van der Waals surface area (Å²) in [4.78, 5) is 29.7. The molecular formula is C31H43NO3. The van der Waals surface area contributed by atoms with Gasteiger partial charge in [0.15, 0.2) is 5.78 Å². The van der Waals surface area contributed by atoms with Gasteiger partial charge in [0.2, 0.25) is 5.70 Å². The molecule has 0 bridgehead atoms. The molecule has 5 rings (SSSR count). The van der Waals surface area contributed by atoms with E-state index in [1.807, 2.05) is 0 Å². The molecule has 5 aliphatic rings. The van der Waals surface area contributed by atoms with Crippen molar-refractivity contribution in [3.05, 3.63) is 34.8 Å². The zero-order valence-corrected chi connectivity index (χ0v) is 22.8. The van der Waals surface area contributed by atoms with Crippen molar-refractivity contribution in [1.82, 2.24) is 0 Å². The maximum atomic E-state index is 13.2. The standard InChI is InChI=1S/C31H43NO3/c1-26(2)13-15-31(25(34)35)16-14-29(6)19(20(31)17-26)9-10-23-28(5)18-21(32-8)24(33)27(3,4)22(28)11-12-30(23,29)7/h9,18,20,22-23H,10-17H2,1-7H3,(H,34,35)/t20?,22?,23?,28-,29+,30+,31?/m0/s1. The minimum absolute atomic E-state index is 0.00479. The largest absolute Gasteiger partial charge is 0.481 e. The Morgan fingerprint density at radius 1 is 1.00 bits per heavy atom. The number of rotatable bonds is 1. The van der Waals surface area contributed by atoms with Gasteiger partial charge in [-0.15, -0.1) is 0 Å². The van der Waals surface area contributed by atoms with Gasteiger partial charge in [-0.25, -0.2) is 4.85 Å². The van der Waals surface area contributed by atoms with Gasteiger partial charge in [0.25, 0.3) is 0 Å². The number of hydrogen-bond acceptors (Lipinski definition) is 2. The summed E-state index contributed by atoms with van der Waals surface area (Å²) < 4.78 is 0. The fourth-order valence-electron chi connectivity index (χ4n) is 10.2. The van der Waals surface area contributed by atoms with Crippen LogP contribution in [-0.4, -0.2) is 16.9 Å². The van der Waals surface area contributed by atoms with Gasteiger partial charge < -0.3 is 9.90 Å². The van der Waals surface area contributed by atoms with Crippen molar-refractivity contribution in [3.8, 4) is 0 Å². The second kappa shape index (κ2) is 7.11. The number of carbonyl (C=O) groups excluding carboxylic acids is 1. The van der Waals surface area contributed by atoms with Crippen LogP contribution in [-0.2, 0) is 9.59 Å². The van der Waals surface area contributed by atoms with E-state index >= 15 is 0 Å². The van der Waals surface area contributed by atoms with Crippen LogP contribution in [0.2, 0.25) is 0 Å². The average molecular weight is 478 g/mol. The van der Waals surface area contributed by atoms with Gasteiger partial charge in [-0.1, -0.05) is 66.2 Å². The Hall–Kier alpha value is -1.89. The van der Waals surface area contributed by atoms with E-state index in [0.717, 1.165) is 51.4 Å². The van der Waals surface area contributed by atoms with E-state index in [4.69, 9.17) is 6.57 Å². The first kappa shape index (κ1) is 24.8. The minimum Gasteiger partial charge on any atom is -0.481 e. The van der Waals surface area contributed by atoms with Gasteiger partial charge in [-0.2, -0.15) is 0 Å². The van der Waals surface area contributed by atoms with Crippen LogP contribution in [0.25, 0.3) is 4.85 Å². The quantitative estimate of drug-likeness (QED) is 0.315. The fraction of sp³-hybridized carbons (Fsp3) is 0.774. The predicted octanol–water partition coefficient (Wildman–Crippen LogP) is 7.46. The molecule has 5 aliphatic carbocycles. The van der Waals surface area contributed by atoms with Gasteiger partial charge >= 0.3 is 5.97 Å². The molecule has 0 heterocycles. The van der Waals surface area contributed by atoms with Crippen molar-refractivity contribution in [2.24, 2.45) is 50.2 Å². The Kier molecular flexibility index (Phi) is 5.04. The number of ketones is 1. The highest BCUT2D eigenvalue weighted by molar-refractivity contribution is 6.02. The lowest BCUT2D eigenvalue weighted by Crippen LogP contribution is -2.64. The first-order chi connectivity index (χ1) is 16.1. The molecule has 0 aromatic rings. The van der Waals surface area contributed by atoms with Gasteiger partial charge in [-0.3, -0.25) is 4.79 Å². The molecular weight excluding hydrogens is 434 g/mol. The van der Waals surface area contributed by atoms with Crippen molar-refractivity contribution in [2.45, 2.75) is 99.8 Å². The first-order valence-electron chi connectivity index (χ1n) is 13.7. The lowest BCUT2D eigenvalue weighted by Gasteiger charge is -2.69. The van der Waals surface area contributed by atoms with Gasteiger partial charge in [0, 0.05) is 5.41 Å². The topological polar surface area (TPSA) is 58.7 Å². The molecule has 0 amide bonds. The van der Waals surface area contributed by atoms with E-state index in [0.29, 0.717) is 11.6 Å². The third-order valence-corrected chi connectivity index (χ3v) is 12.5. The molecule has 0 spiro atoms. The molecule has 3 fully saturated rings. The van der Waals surface area contributed by atoms with E-state index in [-0.39, 0.29) is 39.3 Å². The Morgan fingerprint density at radius 3 is 2.29 bits per heavy atom. The number of carbonyl (C=O) groups is 2. The van der Waals surface area contributed by atoms with Crippen LogP contribution in [0.3, 0.4) is 0 Å². The number of allylic oxidation sites excluding steroid dienone is 4. The molecule has 7 atom stereocenters. The van der Waals surface area contributed by atoms with Crippen molar-refractivity contribution in [1.29, 1.82) is 0 Å². The number of carboxylic acids is 1. The lowest BCUT2D eigenvalue weighted by atomic mass is 9.34. The van der Waals surface area contributed by atoms with Crippen LogP contribution in [0.1, 0.15) is 99.8 Å². The molecule has 0 aromatic carbocycles. The molecule has 3 saturated carbocycles. The van der Waals surface area contributed by atoms with Crippen LogP contribution in [0, 0.1) is 56.8 Å². The van der Waals surface area contributed by atoms with E-state index in [1.54, 1.807) is 0 Å². The normalized spacial score (nSPS) is 47.6. The smallest absolute Gasteiger partial charge is 0.310 e. The van der Waals surface area contributed by atoms with E-state index in [1.165, 1.54) is 5.57 Å². The third-order valence-electron chi connectivity index (χ3n) is 12.5. The zero-order chi connectivity index (χ0) is 25.8. The Labute approximate surface area is 211 Å². The Bertz CT molecular complexity index is 1100. The summed E-state index contributed by atoms with van der Waals surface area (Å²) in [5.74, 6) is 0.0660. The number of Topliss-reactive ketones (excluding diaryl/α,β-unsaturated/α-hetero) is 1. The van der Waals surface area contributed by atoms with E-state index in [2.05, 4.69) is 65.5 Å². The van der Waals surface area contributed by atoms with Crippen LogP contribution in [0.15, 0.2) is 23.4 Å². The van der Waals surface area contributed by atoms with Gasteiger partial charge in [0.1, 0.15) is 0 Å². The highest BCUT2D eigenvalue weighted by atomic mass is 16.4. The SMILES string of the molecule is [C-]#[N+]C1=C[C@@]2(C)C(CC[C@]3(C)C2CC=C2C4CC(C)(C)CCC4(C(=O)O)CC[C@]23C)C(C)(C)C1=O. The first-order valence-corrected chi connectivity index (χ1v) is 13.7. The third kappa shape index (κ3) is 2.90. The second-order valence-electron chi connectivity index (χ2n) is 14.7. The molecule has 4 nitrogen and oxygen atoms in total. The van der Waals surface area contributed by atoms with Crippen molar-refractivity contribution < 1.29 is 14.7 Å². The van der Waals surface area contributed by atoms with Crippen molar-refractivity contribution in [2.75, 3.05) is 0 Å². The summed E-state index contributed by atoms with van der Waals surface area (Å²) in [6.07, 6.45) is 11.8. The molecule has 1 N–H and O–H groups in total. The number of carboxylic acid groups (broad SMARTS) is 1. The maximum absolute atomic E-state index is 13.2. The predicted molar refractivity (Wildman–Crippen MR) is 137 cm³/mol. The molecule has 4 heteroatoms. The number of aliphatic carboxylic acids is 1. The number of nitrogens with zero attached hydrogens (tertiary/aromatic N) is 1. The number of fused-ring (bicyclic) bond motifs is 7. The molecule has 0 saturated heterocycles.